The van der Waals surface area contributed by atoms with E-state index < -0.39 is 0 Å². The van der Waals surface area contributed by atoms with Gasteiger partial charge in [-0.2, -0.15) is 0 Å². The SMILES string of the molecule is COc1cccc(NC(=O)C[C@H]2COCCN2C(=O)c2cc(C)on2)c1. The average Bonchev–Trinajstić information content (AvgIpc) is 3.08. The number of aryl methyl sites for hydroxylation is 1. The molecule has 2 aromatic rings. The van der Waals surface area contributed by atoms with Crippen LogP contribution in [0.5, 0.6) is 5.75 Å². The zero-order chi connectivity index (χ0) is 18.5. The fourth-order valence-electron chi connectivity index (χ4n) is 2.83. The quantitative estimate of drug-likeness (QED) is 0.876. The van der Waals surface area contributed by atoms with E-state index in [0.29, 0.717) is 37.0 Å². The van der Waals surface area contributed by atoms with E-state index in [0.717, 1.165) is 0 Å². The second-order valence-corrected chi connectivity index (χ2v) is 6.03. The Morgan fingerprint density at radius 1 is 1.38 bits per heavy atom. The summed E-state index contributed by atoms with van der Waals surface area (Å²) in [5, 5.41) is 6.59. The van der Waals surface area contributed by atoms with E-state index >= 15 is 0 Å². The molecule has 0 aliphatic carbocycles. The molecule has 0 saturated carbocycles. The summed E-state index contributed by atoms with van der Waals surface area (Å²) in [5.41, 5.74) is 0.874. The molecule has 0 spiro atoms. The minimum Gasteiger partial charge on any atom is -0.497 e. The highest BCUT2D eigenvalue weighted by molar-refractivity contribution is 5.94. The van der Waals surface area contributed by atoms with Crippen LogP contribution in [0.1, 0.15) is 22.7 Å². The van der Waals surface area contributed by atoms with Gasteiger partial charge < -0.3 is 24.2 Å². The van der Waals surface area contributed by atoms with Crippen LogP contribution >= 0.6 is 0 Å². The fraction of sp³-hybridized carbons (Fsp3) is 0.389. The van der Waals surface area contributed by atoms with Gasteiger partial charge in [0.25, 0.3) is 5.91 Å². The summed E-state index contributed by atoms with van der Waals surface area (Å²) in [6, 6.07) is 8.32. The van der Waals surface area contributed by atoms with Gasteiger partial charge in [-0.15, -0.1) is 0 Å². The van der Waals surface area contributed by atoms with Crippen molar-refractivity contribution in [2.45, 2.75) is 19.4 Å². The summed E-state index contributed by atoms with van der Waals surface area (Å²) < 4.78 is 15.6. The van der Waals surface area contributed by atoms with Gasteiger partial charge in [-0.05, 0) is 19.1 Å². The van der Waals surface area contributed by atoms with Crippen molar-refractivity contribution in [3.63, 3.8) is 0 Å². The van der Waals surface area contributed by atoms with Crippen LogP contribution in [0.3, 0.4) is 0 Å². The van der Waals surface area contributed by atoms with Gasteiger partial charge >= 0.3 is 0 Å². The maximum atomic E-state index is 12.6. The highest BCUT2D eigenvalue weighted by Gasteiger charge is 2.31. The molecule has 1 aliphatic heterocycles. The lowest BCUT2D eigenvalue weighted by Gasteiger charge is -2.34. The number of aromatic nitrogens is 1. The molecule has 138 valence electrons. The Hall–Kier alpha value is -2.87. The molecule has 0 unspecified atom stereocenters. The predicted octanol–water partition coefficient (Wildman–Crippen LogP) is 1.86. The van der Waals surface area contributed by atoms with E-state index in [-0.39, 0.29) is 30.0 Å². The van der Waals surface area contributed by atoms with E-state index in [2.05, 4.69) is 10.5 Å². The topological polar surface area (TPSA) is 93.9 Å². The third-order valence-electron chi connectivity index (χ3n) is 4.11. The van der Waals surface area contributed by atoms with Crippen molar-refractivity contribution in [2.24, 2.45) is 0 Å². The molecule has 8 nitrogen and oxygen atoms in total. The monoisotopic (exact) mass is 359 g/mol. The third kappa shape index (κ3) is 4.20. The Labute approximate surface area is 151 Å². The molecule has 1 aromatic carbocycles. The molecular weight excluding hydrogens is 338 g/mol. The van der Waals surface area contributed by atoms with Crippen molar-refractivity contribution in [3.8, 4) is 5.75 Å². The second-order valence-electron chi connectivity index (χ2n) is 6.03. The van der Waals surface area contributed by atoms with Crippen LogP contribution < -0.4 is 10.1 Å². The van der Waals surface area contributed by atoms with Crippen LogP contribution in [-0.2, 0) is 9.53 Å². The molecule has 1 fully saturated rings. The summed E-state index contributed by atoms with van der Waals surface area (Å²) in [6.07, 6.45) is 0.125. The molecule has 1 aliphatic rings. The Kier molecular flexibility index (Phi) is 5.52. The summed E-state index contributed by atoms with van der Waals surface area (Å²) in [5.74, 6) is 0.753. The largest absolute Gasteiger partial charge is 0.497 e. The Morgan fingerprint density at radius 3 is 2.96 bits per heavy atom. The second kappa shape index (κ2) is 8.01. The molecule has 26 heavy (non-hydrogen) atoms. The van der Waals surface area contributed by atoms with Crippen LogP contribution in [-0.4, -0.2) is 54.8 Å². The Balaban J connectivity index is 1.65. The van der Waals surface area contributed by atoms with Crippen molar-refractivity contribution in [3.05, 3.63) is 41.8 Å². The number of nitrogens with one attached hydrogen (secondary N) is 1. The number of carbonyl (C=O) groups is 2. The van der Waals surface area contributed by atoms with Gasteiger partial charge in [0.1, 0.15) is 11.5 Å². The summed E-state index contributed by atoms with van der Waals surface area (Å²) >= 11 is 0. The molecule has 0 radical (unpaired) electrons. The molecule has 1 atom stereocenters. The average molecular weight is 359 g/mol. The Morgan fingerprint density at radius 2 is 2.23 bits per heavy atom. The lowest BCUT2D eigenvalue weighted by Crippen LogP contribution is -2.50. The number of rotatable bonds is 5. The van der Waals surface area contributed by atoms with Crippen LogP contribution in [0.4, 0.5) is 5.69 Å². The van der Waals surface area contributed by atoms with E-state index in [9.17, 15) is 9.59 Å². The number of nitrogens with zero attached hydrogens (tertiary/aromatic N) is 2. The number of hydrogen-bond acceptors (Lipinski definition) is 6. The molecule has 0 bridgehead atoms. The standard InChI is InChI=1S/C18H21N3O5/c1-12-8-16(20-26-12)18(23)21-6-7-25-11-14(21)10-17(22)19-13-4-3-5-15(9-13)24-2/h3-5,8-9,14H,6-7,10-11H2,1-2H3,(H,19,22)/t14-/m0/s1. The van der Waals surface area contributed by atoms with Crippen LogP contribution in [0.25, 0.3) is 0 Å². The van der Waals surface area contributed by atoms with Crippen molar-refractivity contribution in [2.75, 3.05) is 32.2 Å². The van der Waals surface area contributed by atoms with E-state index in [1.807, 2.05) is 0 Å². The lowest BCUT2D eigenvalue weighted by atomic mass is 10.1. The lowest BCUT2D eigenvalue weighted by molar-refractivity contribution is -0.118. The van der Waals surface area contributed by atoms with Gasteiger partial charge in [0.2, 0.25) is 5.91 Å². The van der Waals surface area contributed by atoms with Gasteiger partial charge in [-0.3, -0.25) is 9.59 Å². The number of hydrogen-bond donors (Lipinski definition) is 1. The van der Waals surface area contributed by atoms with Gasteiger partial charge in [-0.1, -0.05) is 11.2 Å². The van der Waals surface area contributed by atoms with Gasteiger partial charge in [0.05, 0.1) is 26.4 Å². The maximum Gasteiger partial charge on any atom is 0.276 e. The molecular formula is C18H21N3O5. The molecule has 2 amide bonds. The number of amides is 2. The number of methoxy groups -OCH3 is 1. The van der Waals surface area contributed by atoms with Gasteiger partial charge in [0, 0.05) is 30.8 Å². The predicted molar refractivity (Wildman–Crippen MR) is 93.1 cm³/mol. The Bertz CT molecular complexity index is 789. The van der Waals surface area contributed by atoms with Crippen molar-refractivity contribution < 1.29 is 23.6 Å². The smallest absolute Gasteiger partial charge is 0.276 e. The first-order chi connectivity index (χ1) is 12.6. The first-order valence-electron chi connectivity index (χ1n) is 8.33. The first-order valence-corrected chi connectivity index (χ1v) is 8.33. The molecule has 1 saturated heterocycles. The minimum absolute atomic E-state index is 0.125. The van der Waals surface area contributed by atoms with E-state index in [4.69, 9.17) is 14.0 Å². The van der Waals surface area contributed by atoms with Crippen LogP contribution in [0.2, 0.25) is 0 Å². The third-order valence-corrected chi connectivity index (χ3v) is 4.11. The number of morpholine rings is 1. The van der Waals surface area contributed by atoms with Crippen molar-refractivity contribution in [1.82, 2.24) is 10.1 Å². The molecule has 1 aromatic heterocycles. The zero-order valence-corrected chi connectivity index (χ0v) is 14.7. The fourth-order valence-corrected chi connectivity index (χ4v) is 2.83. The number of benzene rings is 1. The van der Waals surface area contributed by atoms with Gasteiger partial charge in [0.15, 0.2) is 5.69 Å². The summed E-state index contributed by atoms with van der Waals surface area (Å²) in [7, 11) is 1.56. The van der Waals surface area contributed by atoms with E-state index in [1.165, 1.54) is 0 Å². The highest BCUT2D eigenvalue weighted by atomic mass is 16.5. The zero-order valence-electron chi connectivity index (χ0n) is 14.7. The van der Waals surface area contributed by atoms with Crippen LogP contribution in [0.15, 0.2) is 34.9 Å². The molecule has 2 heterocycles. The van der Waals surface area contributed by atoms with Crippen molar-refractivity contribution >= 4 is 17.5 Å². The number of anilines is 1. The summed E-state index contributed by atoms with van der Waals surface area (Å²) in [4.78, 5) is 26.7. The number of ether oxygens (including phenoxy) is 2. The highest BCUT2D eigenvalue weighted by Crippen LogP contribution is 2.19. The molecule has 8 heteroatoms. The number of carbonyl (C=O) groups excluding carboxylic acids is 2. The van der Waals surface area contributed by atoms with E-state index in [1.54, 1.807) is 49.3 Å². The molecule has 3 rings (SSSR count). The summed E-state index contributed by atoms with van der Waals surface area (Å²) in [6.45, 7) is 2.86. The first kappa shape index (κ1) is 17.9. The van der Waals surface area contributed by atoms with Gasteiger partial charge in [-0.25, -0.2) is 0 Å². The maximum absolute atomic E-state index is 12.6. The molecule has 1 N–H and O–H groups in total. The van der Waals surface area contributed by atoms with Crippen molar-refractivity contribution in [1.29, 1.82) is 0 Å². The van der Waals surface area contributed by atoms with Crippen LogP contribution in [0, 0.1) is 6.92 Å². The minimum atomic E-state index is -0.362. The normalized spacial score (nSPS) is 17.0.